The van der Waals surface area contributed by atoms with Gasteiger partial charge in [0.1, 0.15) is 24.0 Å². The van der Waals surface area contributed by atoms with Gasteiger partial charge in [-0.2, -0.15) is 0 Å². The van der Waals surface area contributed by atoms with E-state index in [4.69, 9.17) is 11.1 Å². The Bertz CT molecular complexity index is 389. The quantitative estimate of drug-likeness (QED) is 0.522. The maximum absolute atomic E-state index is 7.63. The van der Waals surface area contributed by atoms with Gasteiger partial charge in [0.15, 0.2) is 0 Å². The summed E-state index contributed by atoms with van der Waals surface area (Å²) in [7, 11) is 0. The van der Waals surface area contributed by atoms with E-state index in [1.165, 1.54) is 0 Å². The van der Waals surface area contributed by atoms with E-state index in [9.17, 15) is 0 Å². The highest BCUT2D eigenvalue weighted by atomic mass is 15.3. The van der Waals surface area contributed by atoms with Crippen molar-refractivity contribution in [2.45, 2.75) is 12.0 Å². The second-order valence-corrected chi connectivity index (χ2v) is 3.20. The minimum atomic E-state index is -0.613. The van der Waals surface area contributed by atoms with Crippen LogP contribution in [0.15, 0.2) is 37.0 Å². The average Bonchev–Trinajstić information content (AvgIpc) is 2.72. The van der Waals surface area contributed by atoms with Crippen LogP contribution in [0.5, 0.6) is 0 Å². The number of aromatic nitrogens is 3. The zero-order chi connectivity index (χ0) is 10.0. The maximum atomic E-state index is 7.63. The lowest BCUT2D eigenvalue weighted by atomic mass is 9.90. The van der Waals surface area contributed by atoms with E-state index in [2.05, 4.69) is 10.2 Å². The van der Waals surface area contributed by atoms with Crippen LogP contribution in [0.4, 0.5) is 0 Å². The zero-order valence-electron chi connectivity index (χ0n) is 7.59. The van der Waals surface area contributed by atoms with Gasteiger partial charge in [-0.3, -0.25) is 5.41 Å². The van der Waals surface area contributed by atoms with Crippen LogP contribution in [-0.4, -0.2) is 20.6 Å². The van der Waals surface area contributed by atoms with Gasteiger partial charge in [0, 0.05) is 6.42 Å². The smallest absolute Gasteiger partial charge is 0.126 e. The second kappa shape index (κ2) is 3.10. The molecule has 3 N–H and O–H groups in total. The monoisotopic (exact) mass is 189 g/mol. The molecule has 0 saturated carbocycles. The fourth-order valence-electron chi connectivity index (χ4n) is 1.55. The van der Waals surface area contributed by atoms with Crippen molar-refractivity contribution in [1.82, 2.24) is 14.8 Å². The molecule has 72 valence electrons. The Kier molecular flexibility index (Phi) is 1.92. The third kappa shape index (κ3) is 1.14. The largest absolute Gasteiger partial charge is 0.385 e. The normalized spacial score (nSPS) is 25.1. The molecule has 1 heterocycles. The molecule has 0 fully saturated rings. The lowest BCUT2D eigenvalue weighted by Crippen LogP contribution is -2.44. The van der Waals surface area contributed by atoms with E-state index in [0.29, 0.717) is 6.42 Å². The van der Waals surface area contributed by atoms with Gasteiger partial charge in [0.2, 0.25) is 0 Å². The molecule has 14 heavy (non-hydrogen) atoms. The summed E-state index contributed by atoms with van der Waals surface area (Å²) in [6.45, 7) is 0. The maximum Gasteiger partial charge on any atom is 0.126 e. The molecule has 5 nitrogen and oxygen atoms in total. The molecule has 0 aliphatic heterocycles. The van der Waals surface area contributed by atoms with Gasteiger partial charge in [-0.1, -0.05) is 24.3 Å². The van der Waals surface area contributed by atoms with Crippen molar-refractivity contribution in [3.8, 4) is 0 Å². The van der Waals surface area contributed by atoms with Crippen molar-refractivity contribution in [2.75, 3.05) is 0 Å². The van der Waals surface area contributed by atoms with Crippen LogP contribution < -0.4 is 5.73 Å². The van der Waals surface area contributed by atoms with Crippen molar-refractivity contribution in [3.63, 3.8) is 0 Å². The first-order valence-corrected chi connectivity index (χ1v) is 4.30. The van der Waals surface area contributed by atoms with Crippen molar-refractivity contribution in [2.24, 2.45) is 5.73 Å². The molecule has 0 aromatic carbocycles. The number of nitrogens with zero attached hydrogens (tertiary/aromatic N) is 3. The Labute approximate surface area is 81.5 Å². The van der Waals surface area contributed by atoms with Crippen molar-refractivity contribution < 1.29 is 0 Å². The van der Waals surface area contributed by atoms with E-state index in [1.54, 1.807) is 17.2 Å². The second-order valence-electron chi connectivity index (χ2n) is 3.20. The molecule has 1 aliphatic rings. The van der Waals surface area contributed by atoms with Crippen molar-refractivity contribution in [3.05, 3.63) is 37.0 Å². The van der Waals surface area contributed by atoms with E-state index in [-0.39, 0.29) is 5.84 Å². The van der Waals surface area contributed by atoms with Gasteiger partial charge < -0.3 is 10.3 Å². The number of hydrogen-bond acceptors (Lipinski definition) is 3. The van der Waals surface area contributed by atoms with Gasteiger partial charge in [0.25, 0.3) is 0 Å². The number of nitrogens with two attached hydrogens (primary N) is 1. The van der Waals surface area contributed by atoms with Crippen LogP contribution in [0, 0.1) is 5.41 Å². The number of rotatable bonds is 2. The average molecular weight is 189 g/mol. The predicted octanol–water partition coefficient (Wildman–Crippen LogP) is 0.425. The molecule has 1 aliphatic carbocycles. The minimum Gasteiger partial charge on any atom is -0.385 e. The molecule has 0 amide bonds. The van der Waals surface area contributed by atoms with Crippen LogP contribution in [0.25, 0.3) is 0 Å². The van der Waals surface area contributed by atoms with Gasteiger partial charge in [-0.25, -0.2) is 0 Å². The van der Waals surface area contributed by atoms with Gasteiger partial charge >= 0.3 is 0 Å². The highest BCUT2D eigenvalue weighted by Gasteiger charge is 2.32. The molecule has 0 spiro atoms. The summed E-state index contributed by atoms with van der Waals surface area (Å²) in [4.78, 5) is 0. The summed E-state index contributed by atoms with van der Waals surface area (Å²) in [5.41, 5.74) is 5.00. The molecule has 5 heteroatoms. The first-order valence-electron chi connectivity index (χ1n) is 4.30. The molecule has 0 radical (unpaired) electrons. The van der Waals surface area contributed by atoms with E-state index < -0.39 is 5.54 Å². The van der Waals surface area contributed by atoms with Gasteiger partial charge in [-0.15, -0.1) is 10.2 Å². The van der Waals surface area contributed by atoms with Crippen molar-refractivity contribution >= 4 is 5.84 Å². The summed E-state index contributed by atoms with van der Waals surface area (Å²) in [6.07, 6.45) is 11.5. The number of allylic oxidation sites excluding steroid dienone is 3. The Morgan fingerprint density at radius 2 is 2.07 bits per heavy atom. The van der Waals surface area contributed by atoms with E-state index in [0.717, 1.165) is 0 Å². The third-order valence-electron chi connectivity index (χ3n) is 2.39. The topological polar surface area (TPSA) is 80.6 Å². The number of hydrogen-bond donors (Lipinski definition) is 2. The van der Waals surface area contributed by atoms with Crippen LogP contribution >= 0.6 is 0 Å². The summed E-state index contributed by atoms with van der Waals surface area (Å²) >= 11 is 0. The minimum absolute atomic E-state index is 0.0953. The number of nitrogens with one attached hydrogen (secondary N) is 1. The molecule has 1 aromatic rings. The van der Waals surface area contributed by atoms with E-state index in [1.807, 2.05) is 24.3 Å². The van der Waals surface area contributed by atoms with Gasteiger partial charge in [-0.05, 0) is 0 Å². The SMILES string of the molecule is N=C(N)C1(n2cnnc2)C=CC=CC1. The first-order chi connectivity index (χ1) is 6.76. The number of amidine groups is 1. The lowest BCUT2D eigenvalue weighted by Gasteiger charge is -2.30. The highest BCUT2D eigenvalue weighted by Crippen LogP contribution is 2.25. The summed E-state index contributed by atoms with van der Waals surface area (Å²) in [5, 5.41) is 15.1. The van der Waals surface area contributed by atoms with Crippen LogP contribution in [-0.2, 0) is 5.54 Å². The Balaban J connectivity index is 2.47. The molecule has 1 aromatic heterocycles. The van der Waals surface area contributed by atoms with Crippen LogP contribution in [0.1, 0.15) is 6.42 Å². The molecular weight excluding hydrogens is 178 g/mol. The molecule has 1 atom stereocenters. The van der Waals surface area contributed by atoms with Crippen molar-refractivity contribution in [1.29, 1.82) is 5.41 Å². The Morgan fingerprint density at radius 3 is 2.57 bits per heavy atom. The van der Waals surface area contributed by atoms with Gasteiger partial charge in [0.05, 0.1) is 0 Å². The fourth-order valence-corrected chi connectivity index (χ4v) is 1.55. The molecule has 1 unspecified atom stereocenters. The molecular formula is C9H11N5. The molecule has 2 rings (SSSR count). The summed E-state index contributed by atoms with van der Waals surface area (Å²) in [5.74, 6) is 0.0953. The fraction of sp³-hybridized carbons (Fsp3) is 0.222. The van der Waals surface area contributed by atoms with Crippen LogP contribution in [0.2, 0.25) is 0 Å². The summed E-state index contributed by atoms with van der Waals surface area (Å²) in [6, 6.07) is 0. The Morgan fingerprint density at radius 1 is 1.36 bits per heavy atom. The molecule has 0 bridgehead atoms. The molecule has 0 saturated heterocycles. The Hall–Kier alpha value is -1.91. The van der Waals surface area contributed by atoms with Crippen LogP contribution in [0.3, 0.4) is 0 Å². The first kappa shape index (κ1) is 8.68. The predicted molar refractivity (Wildman–Crippen MR) is 52.8 cm³/mol. The summed E-state index contributed by atoms with van der Waals surface area (Å²) < 4.78 is 1.75. The lowest BCUT2D eigenvalue weighted by molar-refractivity contribution is 0.494. The van der Waals surface area contributed by atoms with E-state index >= 15 is 0 Å². The zero-order valence-corrected chi connectivity index (χ0v) is 7.59. The third-order valence-corrected chi connectivity index (χ3v) is 2.39. The highest BCUT2D eigenvalue weighted by molar-refractivity contribution is 5.88. The standard InChI is InChI=1S/C9H11N5/c10-8(11)9(4-2-1-3-5-9)14-6-12-13-7-14/h1-4,6-7H,5H2,(H3,10,11).